The number of nitrogens with zero attached hydrogens (tertiary/aromatic N) is 2. The van der Waals surface area contributed by atoms with Crippen molar-refractivity contribution in [2.45, 2.75) is 19.4 Å². The summed E-state index contributed by atoms with van der Waals surface area (Å²) >= 11 is 0. The van der Waals surface area contributed by atoms with Gasteiger partial charge in [0.15, 0.2) is 0 Å². The van der Waals surface area contributed by atoms with Gasteiger partial charge >= 0.3 is 0 Å². The molecule has 0 bridgehead atoms. The molecular formula is C24H23N3O2. The first-order valence-corrected chi connectivity index (χ1v) is 9.64. The minimum absolute atomic E-state index is 0.0843. The predicted molar refractivity (Wildman–Crippen MR) is 117 cm³/mol. The van der Waals surface area contributed by atoms with Crippen molar-refractivity contribution in [1.82, 2.24) is 9.55 Å². The van der Waals surface area contributed by atoms with E-state index in [1.807, 2.05) is 73.7 Å². The highest BCUT2D eigenvalue weighted by molar-refractivity contribution is 5.96. The van der Waals surface area contributed by atoms with Gasteiger partial charge < -0.3 is 10.5 Å². The zero-order valence-electron chi connectivity index (χ0n) is 16.5. The van der Waals surface area contributed by atoms with E-state index in [0.29, 0.717) is 11.3 Å². The Labute approximate surface area is 169 Å². The van der Waals surface area contributed by atoms with Crippen LogP contribution >= 0.6 is 0 Å². The third-order valence-corrected chi connectivity index (χ3v) is 5.16. The first-order chi connectivity index (χ1) is 14.1. The van der Waals surface area contributed by atoms with Gasteiger partial charge in [0.2, 0.25) is 5.88 Å². The maximum absolute atomic E-state index is 13.8. The molecule has 1 atom stereocenters. The van der Waals surface area contributed by atoms with Gasteiger partial charge in [-0.2, -0.15) is 0 Å². The summed E-state index contributed by atoms with van der Waals surface area (Å²) in [7, 11) is 1.58. The fourth-order valence-corrected chi connectivity index (χ4v) is 3.64. The first-order valence-electron chi connectivity index (χ1n) is 9.64. The second-order valence-electron chi connectivity index (χ2n) is 6.92. The summed E-state index contributed by atoms with van der Waals surface area (Å²) in [6.07, 6.45) is 2.42. The summed E-state index contributed by atoms with van der Waals surface area (Å²) < 4.78 is 7.00. The minimum atomic E-state index is -0.239. The lowest BCUT2D eigenvalue weighted by atomic mass is 9.98. The number of para-hydroxylation sites is 1. The molecule has 5 nitrogen and oxygen atoms in total. The van der Waals surface area contributed by atoms with E-state index in [0.717, 1.165) is 34.3 Å². The maximum atomic E-state index is 13.8. The van der Waals surface area contributed by atoms with E-state index in [2.05, 4.69) is 4.98 Å². The van der Waals surface area contributed by atoms with Crippen molar-refractivity contribution < 1.29 is 4.74 Å². The van der Waals surface area contributed by atoms with E-state index in [1.54, 1.807) is 17.9 Å². The molecule has 146 valence electrons. The van der Waals surface area contributed by atoms with Crippen LogP contribution in [0.25, 0.3) is 27.6 Å². The average Bonchev–Trinajstić information content (AvgIpc) is 2.78. The first kappa shape index (κ1) is 18.9. The van der Waals surface area contributed by atoms with Gasteiger partial charge in [-0.25, -0.2) is 4.98 Å². The number of hydrogen-bond acceptors (Lipinski definition) is 4. The van der Waals surface area contributed by atoms with Crippen LogP contribution < -0.4 is 16.0 Å². The van der Waals surface area contributed by atoms with Crippen LogP contribution in [0.15, 0.2) is 77.7 Å². The van der Waals surface area contributed by atoms with Crippen LogP contribution in [0.3, 0.4) is 0 Å². The second-order valence-corrected chi connectivity index (χ2v) is 6.92. The number of hydrogen-bond donors (Lipinski definition) is 1. The van der Waals surface area contributed by atoms with Crippen molar-refractivity contribution in [1.29, 1.82) is 0 Å². The monoisotopic (exact) mass is 385 g/mol. The molecule has 0 aliphatic rings. The molecule has 0 radical (unpaired) electrons. The molecule has 1 unspecified atom stereocenters. The molecule has 2 N–H and O–H groups in total. The van der Waals surface area contributed by atoms with E-state index in [-0.39, 0.29) is 11.6 Å². The Morgan fingerprint density at radius 3 is 2.59 bits per heavy atom. The third-order valence-electron chi connectivity index (χ3n) is 5.16. The largest absolute Gasteiger partial charge is 0.481 e. The Bertz CT molecular complexity index is 1220. The number of methoxy groups -OCH3 is 1. The topological polar surface area (TPSA) is 70.1 Å². The lowest BCUT2D eigenvalue weighted by Gasteiger charge is -2.20. The quantitative estimate of drug-likeness (QED) is 0.550. The molecule has 4 rings (SSSR count). The van der Waals surface area contributed by atoms with Crippen LogP contribution in [0.1, 0.15) is 25.1 Å². The predicted octanol–water partition coefficient (Wildman–Crippen LogP) is 4.47. The highest BCUT2D eigenvalue weighted by Crippen LogP contribution is 2.30. The Hall–Kier alpha value is -3.44. The Balaban J connectivity index is 2.08. The normalized spacial score (nSPS) is 12.1. The molecule has 29 heavy (non-hydrogen) atoms. The lowest BCUT2D eigenvalue weighted by Crippen LogP contribution is -2.26. The van der Waals surface area contributed by atoms with E-state index >= 15 is 0 Å². The summed E-state index contributed by atoms with van der Waals surface area (Å²) in [6.45, 7) is 2.02. The van der Waals surface area contributed by atoms with Crippen LogP contribution in [-0.4, -0.2) is 16.7 Å². The number of pyridine rings is 2. The Kier molecular flexibility index (Phi) is 5.14. The molecule has 0 aliphatic carbocycles. The number of fused-ring (bicyclic) bond motifs is 1. The van der Waals surface area contributed by atoms with Gasteiger partial charge in [0, 0.05) is 29.7 Å². The molecule has 2 aromatic carbocycles. The zero-order valence-corrected chi connectivity index (χ0v) is 16.5. The standard InChI is InChI=1S/C24H23N3O2/c1-3-20(25)21-14-17-8-7-11-19(16-12-13-26-22(15-16)29-2)23(17)24(28)27(21)18-9-5-4-6-10-18/h4-15,20H,3,25H2,1-2H3. The molecule has 2 aromatic heterocycles. The molecule has 4 aromatic rings. The van der Waals surface area contributed by atoms with Crippen molar-refractivity contribution in [3.63, 3.8) is 0 Å². The molecule has 0 aliphatic heterocycles. The Morgan fingerprint density at radius 1 is 1.07 bits per heavy atom. The van der Waals surface area contributed by atoms with Crippen molar-refractivity contribution in [2.24, 2.45) is 5.73 Å². The summed E-state index contributed by atoms with van der Waals surface area (Å²) in [5.74, 6) is 0.507. The van der Waals surface area contributed by atoms with E-state index in [4.69, 9.17) is 10.5 Å². The average molecular weight is 385 g/mol. The van der Waals surface area contributed by atoms with Crippen LogP contribution in [0.5, 0.6) is 5.88 Å². The van der Waals surface area contributed by atoms with Gasteiger partial charge in [-0.15, -0.1) is 0 Å². The second kappa shape index (κ2) is 7.89. The van der Waals surface area contributed by atoms with E-state index < -0.39 is 0 Å². The number of aromatic nitrogens is 2. The van der Waals surface area contributed by atoms with Crippen LogP contribution in [-0.2, 0) is 0 Å². The molecule has 5 heteroatoms. The van der Waals surface area contributed by atoms with Gasteiger partial charge in [-0.1, -0.05) is 43.3 Å². The van der Waals surface area contributed by atoms with Crippen molar-refractivity contribution in [2.75, 3.05) is 7.11 Å². The number of nitrogens with two attached hydrogens (primary N) is 1. The lowest BCUT2D eigenvalue weighted by molar-refractivity contribution is 0.398. The van der Waals surface area contributed by atoms with Crippen molar-refractivity contribution >= 4 is 10.8 Å². The van der Waals surface area contributed by atoms with Gasteiger partial charge in [0.25, 0.3) is 5.56 Å². The van der Waals surface area contributed by atoms with Gasteiger partial charge in [-0.05, 0) is 47.2 Å². The zero-order chi connectivity index (χ0) is 20.4. The Morgan fingerprint density at radius 2 is 1.86 bits per heavy atom. The van der Waals surface area contributed by atoms with Gasteiger partial charge in [0.05, 0.1) is 12.5 Å². The number of ether oxygens (including phenoxy) is 1. The summed E-state index contributed by atoms with van der Waals surface area (Å²) in [6, 6.07) is 21.0. The molecule has 2 heterocycles. The summed E-state index contributed by atoms with van der Waals surface area (Å²) in [5, 5.41) is 1.52. The van der Waals surface area contributed by atoms with Crippen molar-refractivity contribution in [3.05, 3.63) is 89.0 Å². The van der Waals surface area contributed by atoms with Gasteiger partial charge in [-0.3, -0.25) is 9.36 Å². The molecule has 0 saturated carbocycles. The van der Waals surface area contributed by atoms with E-state index in [1.165, 1.54) is 0 Å². The molecule has 0 saturated heterocycles. The van der Waals surface area contributed by atoms with Gasteiger partial charge in [0.1, 0.15) is 0 Å². The molecule has 0 spiro atoms. The fourth-order valence-electron chi connectivity index (χ4n) is 3.64. The third kappa shape index (κ3) is 3.41. The number of benzene rings is 2. The highest BCUT2D eigenvalue weighted by atomic mass is 16.5. The summed E-state index contributed by atoms with van der Waals surface area (Å²) in [4.78, 5) is 18.0. The fraction of sp³-hybridized carbons (Fsp3) is 0.167. The molecular weight excluding hydrogens is 362 g/mol. The smallest absolute Gasteiger partial charge is 0.263 e. The highest BCUT2D eigenvalue weighted by Gasteiger charge is 2.18. The summed E-state index contributed by atoms with van der Waals surface area (Å²) in [5.41, 5.74) is 9.65. The maximum Gasteiger partial charge on any atom is 0.263 e. The van der Waals surface area contributed by atoms with Crippen molar-refractivity contribution in [3.8, 4) is 22.7 Å². The number of rotatable bonds is 5. The van der Waals surface area contributed by atoms with Crippen LogP contribution in [0.2, 0.25) is 0 Å². The van der Waals surface area contributed by atoms with Crippen LogP contribution in [0, 0.1) is 0 Å². The van der Waals surface area contributed by atoms with Crippen LogP contribution in [0.4, 0.5) is 0 Å². The molecule has 0 amide bonds. The molecule has 0 fully saturated rings. The minimum Gasteiger partial charge on any atom is -0.481 e. The SMILES string of the molecule is CCC(N)c1cc2cccc(-c3ccnc(OC)c3)c2c(=O)n1-c1ccccc1. The van der Waals surface area contributed by atoms with E-state index in [9.17, 15) is 4.79 Å².